The summed E-state index contributed by atoms with van der Waals surface area (Å²) in [5.41, 5.74) is 14.3. The van der Waals surface area contributed by atoms with Gasteiger partial charge < -0.3 is 4.57 Å². The van der Waals surface area contributed by atoms with E-state index in [4.69, 9.17) is 0 Å². The zero-order valence-corrected chi connectivity index (χ0v) is 32.3. The van der Waals surface area contributed by atoms with E-state index < -0.39 is 0 Å². The predicted molar refractivity (Wildman–Crippen MR) is 203 cm³/mol. The Morgan fingerprint density at radius 1 is 0.588 bits per heavy atom. The molecule has 1 heterocycles. The number of nitriles is 2. The maximum absolute atomic E-state index is 9.44. The van der Waals surface area contributed by atoms with Crippen molar-refractivity contribution in [1.29, 1.82) is 10.5 Å². The number of hydrogen-bond donors (Lipinski definition) is 0. The standard InChI is InChI=1S/C47H31N3.U/c1-32-15-19-37(38-25-26-47-45(29-38)43-13-7-8-14-46(43)50(47)41-10-3-2-4-11-41)28-44(32)42-12-6-5-9-35(42)22-18-33-16-20-34(21-17-33)36-23-24-39(30-48)40(27-36)31-49;/h2-17,19-21,23-27H,18,22H2,1H3;/q-2;+2. The van der Waals surface area contributed by atoms with E-state index in [0.29, 0.717) is 11.1 Å². The van der Waals surface area contributed by atoms with Crippen molar-refractivity contribution in [1.82, 2.24) is 4.57 Å². The Balaban J connectivity index is 0.00000406. The summed E-state index contributed by atoms with van der Waals surface area (Å²) in [5.74, 6) is 0. The van der Waals surface area contributed by atoms with E-state index >= 15 is 0 Å². The monoisotopic (exact) mass is 875 g/mol. The molecule has 51 heavy (non-hydrogen) atoms. The van der Waals surface area contributed by atoms with Crippen LogP contribution in [-0.2, 0) is 12.8 Å². The average Bonchev–Trinajstić information content (AvgIpc) is 3.51. The molecule has 1 aromatic heterocycles. The van der Waals surface area contributed by atoms with Gasteiger partial charge in [0.1, 0.15) is 12.1 Å². The maximum atomic E-state index is 9.44. The second kappa shape index (κ2) is 14.7. The van der Waals surface area contributed by atoms with Crippen LogP contribution >= 0.6 is 0 Å². The Kier molecular flexibility index (Phi) is 9.75. The molecule has 0 saturated carbocycles. The minimum atomic E-state index is 0. The van der Waals surface area contributed by atoms with Gasteiger partial charge in [-0.05, 0) is 65.4 Å². The number of benzene rings is 7. The summed E-state index contributed by atoms with van der Waals surface area (Å²) in [7, 11) is 0. The van der Waals surface area contributed by atoms with Gasteiger partial charge in [0, 0.05) is 11.2 Å². The fourth-order valence-corrected chi connectivity index (χ4v) is 6.94. The Hall–Kier alpha value is -5.63. The molecule has 0 atom stereocenters. The van der Waals surface area contributed by atoms with Gasteiger partial charge in [0.2, 0.25) is 0 Å². The first-order valence-corrected chi connectivity index (χ1v) is 16.8. The van der Waals surface area contributed by atoms with Gasteiger partial charge in [0.25, 0.3) is 0 Å². The van der Waals surface area contributed by atoms with Gasteiger partial charge in [0.05, 0.1) is 11.1 Å². The molecule has 0 spiro atoms. The summed E-state index contributed by atoms with van der Waals surface area (Å²) in [4.78, 5) is 0. The number of rotatable bonds is 7. The minimum absolute atomic E-state index is 0. The van der Waals surface area contributed by atoms with Crippen LogP contribution in [-0.4, -0.2) is 4.57 Å². The van der Waals surface area contributed by atoms with E-state index in [0.717, 1.165) is 57.2 Å². The molecule has 0 aliphatic heterocycles. The first-order chi connectivity index (χ1) is 24.6. The van der Waals surface area contributed by atoms with E-state index in [9.17, 15) is 10.5 Å². The van der Waals surface area contributed by atoms with Crippen LogP contribution in [0.15, 0.2) is 146 Å². The van der Waals surface area contributed by atoms with Crippen LogP contribution < -0.4 is 0 Å². The van der Waals surface area contributed by atoms with Crippen LogP contribution in [0.3, 0.4) is 0 Å². The first kappa shape index (κ1) is 33.8. The zero-order valence-electron chi connectivity index (χ0n) is 28.1. The molecule has 0 aliphatic carbocycles. The third kappa shape index (κ3) is 6.54. The SMILES string of the molecule is Cc1ccc(-c2[c-]c3c4ccccc4n(-c4ccccc4)c3cc2)[c-]c1-c1ccccc1CCc1ccc(-c2ccc(C#N)c(C#N)c2)cc1.[U+2]. The minimum Gasteiger partial charge on any atom is -0.349 e. The van der Waals surface area contributed by atoms with Crippen LogP contribution in [0.4, 0.5) is 0 Å². The molecular formula is C47H31N3U. The Morgan fingerprint density at radius 3 is 2.08 bits per heavy atom. The number of fused-ring (bicyclic) bond motifs is 3. The van der Waals surface area contributed by atoms with Gasteiger partial charge in [-0.25, -0.2) is 0 Å². The van der Waals surface area contributed by atoms with Gasteiger partial charge in [-0.15, -0.1) is 23.3 Å². The van der Waals surface area contributed by atoms with Gasteiger partial charge in [0.15, 0.2) is 0 Å². The van der Waals surface area contributed by atoms with Crippen molar-refractivity contribution < 1.29 is 31.1 Å². The maximum Gasteiger partial charge on any atom is 2.00 e. The zero-order chi connectivity index (χ0) is 34.0. The van der Waals surface area contributed by atoms with Crippen molar-refractivity contribution in [2.75, 3.05) is 0 Å². The van der Waals surface area contributed by atoms with Crippen LogP contribution in [0.1, 0.15) is 27.8 Å². The molecule has 0 amide bonds. The van der Waals surface area contributed by atoms with Crippen molar-refractivity contribution in [2.24, 2.45) is 0 Å². The molecule has 0 bridgehead atoms. The number of nitrogens with zero attached hydrogens (tertiary/aromatic N) is 3. The summed E-state index contributed by atoms with van der Waals surface area (Å²) in [5, 5.41) is 21.0. The molecule has 238 valence electrons. The van der Waals surface area contributed by atoms with E-state index in [-0.39, 0.29) is 31.1 Å². The van der Waals surface area contributed by atoms with E-state index in [1.165, 1.54) is 33.2 Å². The molecule has 0 saturated heterocycles. The van der Waals surface area contributed by atoms with E-state index in [2.05, 4.69) is 163 Å². The van der Waals surface area contributed by atoms with Crippen LogP contribution in [0.5, 0.6) is 0 Å². The van der Waals surface area contributed by atoms with Crippen LogP contribution in [0.2, 0.25) is 0 Å². The summed E-state index contributed by atoms with van der Waals surface area (Å²) >= 11 is 0. The third-order valence-corrected chi connectivity index (χ3v) is 9.55. The summed E-state index contributed by atoms with van der Waals surface area (Å²) in [6.45, 7) is 2.16. The van der Waals surface area contributed by atoms with Crippen molar-refractivity contribution in [3.8, 4) is 51.2 Å². The quantitative estimate of drug-likeness (QED) is 0.150. The average molecular weight is 876 g/mol. The van der Waals surface area contributed by atoms with Gasteiger partial charge >= 0.3 is 31.1 Å². The summed E-state index contributed by atoms with van der Waals surface area (Å²) in [6.07, 6.45) is 1.78. The van der Waals surface area contributed by atoms with Gasteiger partial charge in [-0.2, -0.15) is 45.9 Å². The van der Waals surface area contributed by atoms with Crippen molar-refractivity contribution in [2.45, 2.75) is 19.8 Å². The number of para-hydroxylation sites is 2. The summed E-state index contributed by atoms with van der Waals surface area (Å²) < 4.78 is 2.32. The smallest absolute Gasteiger partial charge is 0.349 e. The van der Waals surface area contributed by atoms with E-state index in [1.807, 2.05) is 6.07 Å². The largest absolute Gasteiger partial charge is 2.00 e. The van der Waals surface area contributed by atoms with Gasteiger partial charge in [-0.1, -0.05) is 120 Å². The first-order valence-electron chi connectivity index (χ1n) is 16.8. The Labute approximate surface area is 322 Å². The van der Waals surface area contributed by atoms with Crippen molar-refractivity contribution >= 4 is 21.8 Å². The van der Waals surface area contributed by atoms with Crippen LogP contribution in [0, 0.1) is 72.8 Å². The third-order valence-electron chi connectivity index (χ3n) is 9.55. The normalized spacial score (nSPS) is 10.8. The number of aryl methyl sites for hydroxylation is 3. The topological polar surface area (TPSA) is 52.5 Å². The van der Waals surface area contributed by atoms with Crippen molar-refractivity contribution in [3.05, 3.63) is 186 Å². The Morgan fingerprint density at radius 2 is 1.27 bits per heavy atom. The molecule has 0 N–H and O–H groups in total. The second-order valence-electron chi connectivity index (χ2n) is 12.6. The molecule has 3 nitrogen and oxygen atoms in total. The molecule has 8 aromatic rings. The molecule has 0 radical (unpaired) electrons. The van der Waals surface area contributed by atoms with Crippen molar-refractivity contribution in [3.63, 3.8) is 0 Å². The molecule has 0 fully saturated rings. The molecule has 0 unspecified atom stereocenters. The van der Waals surface area contributed by atoms with E-state index in [1.54, 1.807) is 12.1 Å². The molecule has 4 heteroatoms. The fraction of sp³-hybridized carbons (Fsp3) is 0.0638. The molecular weight excluding hydrogens is 845 g/mol. The molecule has 7 aromatic carbocycles. The predicted octanol–water partition coefficient (Wildman–Crippen LogP) is 11.2. The van der Waals surface area contributed by atoms with Gasteiger partial charge in [-0.3, -0.25) is 0 Å². The second-order valence-corrected chi connectivity index (χ2v) is 12.6. The molecule has 8 rings (SSSR count). The molecule has 0 aliphatic rings. The summed E-state index contributed by atoms with van der Waals surface area (Å²) in [6, 6.07) is 62.1. The van der Waals surface area contributed by atoms with Crippen LogP contribution in [0.25, 0.3) is 60.9 Å². The fourth-order valence-electron chi connectivity index (χ4n) is 6.94. The number of aromatic nitrogens is 1. The Bertz CT molecular complexity index is 2620. The number of hydrogen-bond acceptors (Lipinski definition) is 2.